The fraction of sp³-hybridized carbons (Fsp3) is 0.429. The van der Waals surface area contributed by atoms with Crippen molar-refractivity contribution in [2.24, 2.45) is 0 Å². The van der Waals surface area contributed by atoms with Crippen LogP contribution in [0.1, 0.15) is 34.9 Å². The molecule has 1 N–H and O–H groups in total. The van der Waals surface area contributed by atoms with Gasteiger partial charge in [-0.25, -0.2) is 0 Å². The number of nitrogens with one attached hydrogen (secondary N) is 1. The van der Waals surface area contributed by atoms with Crippen molar-refractivity contribution >= 4 is 5.91 Å². The van der Waals surface area contributed by atoms with Gasteiger partial charge in [0.1, 0.15) is 5.75 Å². The highest BCUT2D eigenvalue weighted by atomic mass is 16.5. The minimum absolute atomic E-state index is 0.0575. The van der Waals surface area contributed by atoms with Gasteiger partial charge in [0.05, 0.1) is 25.4 Å². The number of pyridine rings is 1. The number of benzene rings is 1. The van der Waals surface area contributed by atoms with Crippen molar-refractivity contribution in [2.75, 3.05) is 13.7 Å². The van der Waals surface area contributed by atoms with Gasteiger partial charge < -0.3 is 10.1 Å². The van der Waals surface area contributed by atoms with E-state index < -0.39 is 0 Å². The number of amides is 1. The lowest BCUT2D eigenvalue weighted by molar-refractivity contribution is -0.127. The van der Waals surface area contributed by atoms with Gasteiger partial charge in [-0.2, -0.15) is 0 Å². The summed E-state index contributed by atoms with van der Waals surface area (Å²) in [6, 6.07) is 8.24. The van der Waals surface area contributed by atoms with Crippen LogP contribution in [0.25, 0.3) is 0 Å². The molecule has 0 fully saturated rings. The number of methoxy groups -OCH3 is 1. The number of hydrogen-bond acceptors (Lipinski definition) is 4. The van der Waals surface area contributed by atoms with Crippen LogP contribution in [0.3, 0.4) is 0 Å². The zero-order chi connectivity index (χ0) is 18.7. The molecular weight excluding hydrogens is 326 g/mol. The molecule has 0 saturated heterocycles. The summed E-state index contributed by atoms with van der Waals surface area (Å²) in [7, 11) is 1.66. The Bertz CT molecular complexity index is 804. The highest BCUT2D eigenvalue weighted by Gasteiger charge is 2.30. The first-order chi connectivity index (χ1) is 12.5. The number of ether oxygens (including phenoxy) is 1. The summed E-state index contributed by atoms with van der Waals surface area (Å²) in [6.07, 6.45) is 2.54. The highest BCUT2D eigenvalue weighted by molar-refractivity contribution is 5.82. The number of aryl methyl sites for hydroxylation is 1. The maximum absolute atomic E-state index is 12.9. The van der Waals surface area contributed by atoms with Crippen LogP contribution in [-0.2, 0) is 24.3 Å². The Hall–Kier alpha value is -2.40. The molecule has 0 saturated carbocycles. The van der Waals surface area contributed by atoms with Gasteiger partial charge in [0, 0.05) is 23.9 Å². The molecule has 1 unspecified atom stereocenters. The first kappa shape index (κ1) is 18.4. The quantitative estimate of drug-likeness (QED) is 0.898. The number of hydrogen-bond donors (Lipinski definition) is 1. The van der Waals surface area contributed by atoms with Crippen LogP contribution in [0.5, 0.6) is 5.75 Å². The van der Waals surface area contributed by atoms with E-state index in [1.165, 1.54) is 11.1 Å². The lowest BCUT2D eigenvalue weighted by atomic mass is 9.93. The van der Waals surface area contributed by atoms with E-state index in [0.717, 1.165) is 42.1 Å². The van der Waals surface area contributed by atoms with Crippen LogP contribution in [0.4, 0.5) is 0 Å². The number of fused-ring (bicyclic) bond motifs is 1. The lowest BCUT2D eigenvalue weighted by Gasteiger charge is -2.35. The van der Waals surface area contributed by atoms with Crippen LogP contribution >= 0.6 is 0 Å². The van der Waals surface area contributed by atoms with E-state index >= 15 is 0 Å². The highest BCUT2D eigenvalue weighted by Crippen LogP contribution is 2.25. The van der Waals surface area contributed by atoms with Crippen molar-refractivity contribution in [1.29, 1.82) is 0 Å². The van der Waals surface area contributed by atoms with Gasteiger partial charge in [-0.15, -0.1) is 0 Å². The van der Waals surface area contributed by atoms with E-state index in [1.54, 1.807) is 13.3 Å². The first-order valence-corrected chi connectivity index (χ1v) is 9.12. The van der Waals surface area contributed by atoms with E-state index in [-0.39, 0.29) is 11.9 Å². The smallest absolute Gasteiger partial charge is 0.238 e. The Morgan fingerprint density at radius 1 is 1.31 bits per heavy atom. The van der Waals surface area contributed by atoms with Crippen molar-refractivity contribution in [1.82, 2.24) is 15.2 Å². The molecule has 0 spiro atoms. The van der Waals surface area contributed by atoms with E-state index in [4.69, 9.17) is 4.74 Å². The number of carbonyl (C=O) groups is 1. The zero-order valence-corrected chi connectivity index (χ0v) is 16.0. The summed E-state index contributed by atoms with van der Waals surface area (Å²) < 4.78 is 5.45. The summed E-state index contributed by atoms with van der Waals surface area (Å²) in [5.74, 6) is 0.896. The maximum atomic E-state index is 12.9. The topological polar surface area (TPSA) is 54.5 Å². The van der Waals surface area contributed by atoms with Gasteiger partial charge in [-0.3, -0.25) is 14.7 Å². The predicted molar refractivity (Wildman–Crippen MR) is 102 cm³/mol. The van der Waals surface area contributed by atoms with Crippen LogP contribution < -0.4 is 10.1 Å². The molecule has 2 heterocycles. The van der Waals surface area contributed by atoms with E-state index in [2.05, 4.69) is 40.3 Å². The molecule has 26 heavy (non-hydrogen) atoms. The molecule has 1 aliphatic rings. The lowest BCUT2D eigenvalue weighted by Crippen LogP contribution is -2.50. The number of rotatable bonds is 5. The van der Waals surface area contributed by atoms with Crippen LogP contribution in [-0.4, -0.2) is 35.5 Å². The normalized spacial score (nSPS) is 16.8. The molecule has 1 atom stereocenters. The summed E-state index contributed by atoms with van der Waals surface area (Å²) in [4.78, 5) is 19.6. The first-order valence-electron chi connectivity index (χ1n) is 9.12. The van der Waals surface area contributed by atoms with Crippen molar-refractivity contribution in [3.8, 4) is 5.75 Å². The summed E-state index contributed by atoms with van der Waals surface area (Å²) in [5.41, 5.74) is 5.41. The third-order valence-electron chi connectivity index (χ3n) is 5.23. The molecule has 0 aliphatic carbocycles. The SMILES string of the molecule is CCN1Cc2ccccc2CC1C(=O)NCc1ncc(C)c(OC)c1C. The Kier molecular flexibility index (Phi) is 5.57. The maximum Gasteiger partial charge on any atom is 0.238 e. The number of likely N-dealkylation sites (N-methyl/N-ethyl adjacent to an activating group) is 1. The minimum Gasteiger partial charge on any atom is -0.496 e. The van der Waals surface area contributed by atoms with E-state index in [1.807, 2.05) is 19.9 Å². The Balaban J connectivity index is 1.72. The number of nitrogens with zero attached hydrogens (tertiary/aromatic N) is 2. The molecule has 138 valence electrons. The third kappa shape index (κ3) is 3.58. The molecule has 1 aliphatic heterocycles. The summed E-state index contributed by atoms with van der Waals surface area (Å²) >= 11 is 0. The number of aromatic nitrogens is 1. The molecule has 0 radical (unpaired) electrons. The van der Waals surface area contributed by atoms with Gasteiger partial charge in [0.15, 0.2) is 0 Å². The molecular formula is C21H27N3O2. The third-order valence-corrected chi connectivity index (χ3v) is 5.23. The van der Waals surface area contributed by atoms with Gasteiger partial charge in [-0.05, 0) is 37.9 Å². The Labute approximate surface area is 155 Å². The van der Waals surface area contributed by atoms with Gasteiger partial charge in [0.2, 0.25) is 5.91 Å². The molecule has 2 aromatic rings. The van der Waals surface area contributed by atoms with E-state index in [0.29, 0.717) is 6.54 Å². The standard InChI is InChI=1S/C21H27N3O2/c1-5-24-13-17-9-7-6-8-16(17)10-19(24)21(25)23-12-18-15(3)20(26-4)14(2)11-22-18/h6-9,11,19H,5,10,12-13H2,1-4H3,(H,23,25). The van der Waals surface area contributed by atoms with Crippen molar-refractivity contribution in [3.05, 3.63) is 58.4 Å². The molecule has 1 aromatic heterocycles. The summed E-state index contributed by atoms with van der Waals surface area (Å²) in [6.45, 7) is 8.14. The average Bonchev–Trinajstić information content (AvgIpc) is 2.66. The van der Waals surface area contributed by atoms with Crippen molar-refractivity contribution in [3.63, 3.8) is 0 Å². The zero-order valence-electron chi connectivity index (χ0n) is 16.0. The van der Waals surface area contributed by atoms with Gasteiger partial charge in [-0.1, -0.05) is 31.2 Å². The molecule has 5 heteroatoms. The fourth-order valence-electron chi connectivity index (χ4n) is 3.71. The number of carbonyl (C=O) groups excluding carboxylic acids is 1. The van der Waals surface area contributed by atoms with Crippen LogP contribution in [0.15, 0.2) is 30.5 Å². The van der Waals surface area contributed by atoms with Gasteiger partial charge >= 0.3 is 0 Å². The second-order valence-electron chi connectivity index (χ2n) is 6.82. The molecule has 3 rings (SSSR count). The molecule has 5 nitrogen and oxygen atoms in total. The second-order valence-corrected chi connectivity index (χ2v) is 6.82. The molecule has 1 aromatic carbocycles. The average molecular weight is 353 g/mol. The molecule has 0 bridgehead atoms. The van der Waals surface area contributed by atoms with Crippen molar-refractivity contribution < 1.29 is 9.53 Å². The second kappa shape index (κ2) is 7.87. The van der Waals surface area contributed by atoms with Crippen molar-refractivity contribution in [2.45, 2.75) is 46.3 Å². The molecule has 1 amide bonds. The monoisotopic (exact) mass is 353 g/mol. The van der Waals surface area contributed by atoms with Crippen LogP contribution in [0, 0.1) is 13.8 Å². The summed E-state index contributed by atoms with van der Waals surface area (Å²) in [5, 5.41) is 3.08. The van der Waals surface area contributed by atoms with E-state index in [9.17, 15) is 4.79 Å². The fourth-order valence-corrected chi connectivity index (χ4v) is 3.71. The minimum atomic E-state index is -0.137. The predicted octanol–water partition coefficient (Wildman–Crippen LogP) is 2.77. The van der Waals surface area contributed by atoms with Gasteiger partial charge in [0.25, 0.3) is 0 Å². The Morgan fingerprint density at radius 3 is 2.73 bits per heavy atom. The van der Waals surface area contributed by atoms with Crippen LogP contribution in [0.2, 0.25) is 0 Å². The Morgan fingerprint density at radius 2 is 2.04 bits per heavy atom. The largest absolute Gasteiger partial charge is 0.496 e.